The minimum atomic E-state index is -1.23. The molecule has 0 amide bonds. The summed E-state index contributed by atoms with van der Waals surface area (Å²) in [7, 11) is 7.38. The second-order valence-electron chi connectivity index (χ2n) is 11.4. The van der Waals surface area contributed by atoms with Gasteiger partial charge in [0.05, 0.1) is 19.9 Å². The van der Waals surface area contributed by atoms with Crippen LogP contribution in [0.4, 0.5) is 0 Å². The molecule has 2 aliphatic rings. The molecule has 2 N–H and O–H groups in total. The smallest absolute Gasteiger partial charge is 0.341 e. The first-order valence-corrected chi connectivity index (χ1v) is 24.7. The maximum Gasteiger partial charge on any atom is 0.341 e. The lowest BCUT2D eigenvalue weighted by molar-refractivity contribution is -0.140. The number of rotatable bonds is 15. The van der Waals surface area contributed by atoms with Crippen molar-refractivity contribution in [2.75, 3.05) is 13.2 Å². The highest BCUT2D eigenvalue weighted by Crippen LogP contribution is 2.58. The van der Waals surface area contributed by atoms with Gasteiger partial charge in [0.2, 0.25) is 11.6 Å². The summed E-state index contributed by atoms with van der Waals surface area (Å²) in [5.41, 5.74) is 1.49. The van der Waals surface area contributed by atoms with E-state index in [1.807, 2.05) is 36.4 Å². The van der Waals surface area contributed by atoms with E-state index in [0.29, 0.717) is 19.9 Å². The van der Waals surface area contributed by atoms with Crippen LogP contribution >= 0.6 is 134 Å². The Kier molecular flexibility index (Phi) is 15.9. The summed E-state index contributed by atoms with van der Waals surface area (Å²) in [5, 5.41) is 18.5. The van der Waals surface area contributed by atoms with Crippen LogP contribution < -0.4 is 9.47 Å². The maximum atomic E-state index is 14.6. The molecule has 0 unspecified atom stereocenters. The summed E-state index contributed by atoms with van der Waals surface area (Å²) >= 11 is 39.3. The molecule has 0 aromatic heterocycles. The monoisotopic (exact) mass is 1010 g/mol. The van der Waals surface area contributed by atoms with Gasteiger partial charge in [-0.1, -0.05) is 149 Å². The van der Waals surface area contributed by atoms with Gasteiger partial charge in [0.25, 0.3) is 0 Å². The van der Waals surface area contributed by atoms with Crippen LogP contribution in [0, 0.1) is 0 Å². The lowest BCUT2D eigenvalue weighted by Crippen LogP contribution is -2.10. The molecule has 8 nitrogen and oxygen atoms in total. The summed E-state index contributed by atoms with van der Waals surface area (Å²) < 4.78 is 10.5. The molecule has 0 saturated carbocycles. The highest BCUT2D eigenvalue weighted by Gasteiger charge is 2.31. The summed E-state index contributed by atoms with van der Waals surface area (Å²) in [6.45, 7) is -1.37. The zero-order valence-corrected chi connectivity index (χ0v) is 38.0. The molecule has 298 valence electrons. The Morgan fingerprint density at radius 3 is 1.26 bits per heavy atom. The third-order valence-corrected chi connectivity index (χ3v) is 17.6. The van der Waals surface area contributed by atoms with E-state index in [4.69, 9.17) is 89.3 Å². The molecule has 0 atom stereocenters. The van der Waals surface area contributed by atoms with Crippen molar-refractivity contribution in [3.63, 3.8) is 0 Å². The minimum absolute atomic E-state index is 0.00543. The van der Waals surface area contributed by atoms with Crippen LogP contribution in [0.15, 0.2) is 105 Å². The summed E-state index contributed by atoms with van der Waals surface area (Å²) in [6, 6.07) is 20.0. The molecule has 0 fully saturated rings. The average Bonchev–Trinajstić information content (AvgIpc) is 3.88. The number of Topliss-reactive ketones (excluding diaryl/α,β-unsaturated/α-hetero) is 2. The van der Waals surface area contributed by atoms with Crippen molar-refractivity contribution >= 4 is 168 Å². The molecule has 20 heteroatoms. The van der Waals surface area contributed by atoms with Gasteiger partial charge in [-0.25, -0.2) is 9.59 Å². The number of allylic oxidation sites excluding steroid dienone is 4. The number of aliphatic carboxylic acids is 2. The van der Waals surface area contributed by atoms with Crippen molar-refractivity contribution in [3.8, 4) is 11.5 Å². The predicted molar refractivity (Wildman–Crippen MR) is 246 cm³/mol. The number of ketones is 2. The third-order valence-electron chi connectivity index (χ3n) is 7.60. The van der Waals surface area contributed by atoms with E-state index in [2.05, 4.69) is 0 Å². The maximum absolute atomic E-state index is 14.6. The number of halogens is 6. The highest BCUT2D eigenvalue weighted by molar-refractivity contribution is 8.83. The Morgan fingerprint density at radius 1 is 0.517 bits per heavy atom. The molecule has 4 aromatic carbocycles. The molecule has 0 aliphatic carbocycles. The summed E-state index contributed by atoms with van der Waals surface area (Å²) in [4.78, 5) is 54.4. The van der Waals surface area contributed by atoms with Crippen molar-refractivity contribution in [3.05, 3.63) is 157 Å². The van der Waals surface area contributed by atoms with Crippen LogP contribution in [0.1, 0.15) is 31.8 Å². The van der Waals surface area contributed by atoms with Crippen molar-refractivity contribution in [2.24, 2.45) is 0 Å². The van der Waals surface area contributed by atoms with Gasteiger partial charge in [-0.3, -0.25) is 9.59 Å². The van der Waals surface area contributed by atoms with Crippen LogP contribution in [-0.4, -0.2) is 46.9 Å². The Morgan fingerprint density at radius 2 is 0.897 bits per heavy atom. The number of carbonyl (C=O) groups excluding carboxylic acids is 2. The first kappa shape index (κ1) is 45.1. The van der Waals surface area contributed by atoms with Crippen LogP contribution in [0.3, 0.4) is 0 Å². The van der Waals surface area contributed by atoms with E-state index in [-0.39, 0.29) is 52.5 Å². The number of carboxylic acid groups (broad SMARTS) is 2. The largest absolute Gasteiger partial charge is 0.480 e. The van der Waals surface area contributed by atoms with Gasteiger partial charge in [0.1, 0.15) is 21.5 Å². The van der Waals surface area contributed by atoms with Crippen molar-refractivity contribution in [2.45, 2.75) is 0 Å². The Hall–Kier alpha value is -2.44. The molecular formula is C38H20Cl6O8S6. The van der Waals surface area contributed by atoms with Crippen LogP contribution in [0.2, 0.25) is 30.1 Å². The lowest BCUT2D eigenvalue weighted by Gasteiger charge is -2.15. The molecule has 0 spiro atoms. The second kappa shape index (κ2) is 20.4. The fraction of sp³-hybridized carbons (Fsp3) is 0.0526. The van der Waals surface area contributed by atoms with Gasteiger partial charge < -0.3 is 19.7 Å². The van der Waals surface area contributed by atoms with E-state index in [0.717, 1.165) is 42.5 Å². The molecule has 0 saturated heterocycles. The molecule has 0 bridgehead atoms. The Labute approximate surface area is 384 Å². The quantitative estimate of drug-likeness (QED) is 0.0666. The zero-order chi connectivity index (χ0) is 41.7. The Balaban J connectivity index is 1.45. The van der Waals surface area contributed by atoms with Gasteiger partial charge in [-0.05, 0) is 70.1 Å². The van der Waals surface area contributed by atoms with Crippen LogP contribution in [0.5, 0.6) is 11.5 Å². The standard InChI is InChI=1S/C38H20Cl6O8S6/c39-21-7-3-1-5-17(21)25-13-27(55-53-25)37(35(49)19-9-11-23(33(43)31(19)41)51-15-29(45)46)57-58-38(28-14-26(54-56-28)18-6-2-4-8-22(18)40)36(50)20-10-12-24(34(44)32(20)42)52-16-30(47)48/h1-14H,15-16H2,(H,45,46)(H,47,48)/b37-27-,38-28+. The topological polar surface area (TPSA) is 127 Å². The molecule has 4 aromatic rings. The van der Waals surface area contributed by atoms with Gasteiger partial charge in [0.15, 0.2) is 13.2 Å². The predicted octanol–water partition coefficient (Wildman–Crippen LogP) is 14.3. The van der Waals surface area contributed by atoms with E-state index in [9.17, 15) is 19.2 Å². The van der Waals surface area contributed by atoms with E-state index >= 15 is 0 Å². The number of ether oxygens (including phenoxy) is 2. The minimum Gasteiger partial charge on any atom is -0.480 e. The number of hydrogen-bond donors (Lipinski definition) is 2. The number of hydrogen-bond acceptors (Lipinski definition) is 12. The first-order valence-electron chi connectivity index (χ1n) is 15.9. The van der Waals surface area contributed by atoms with Crippen molar-refractivity contribution in [1.82, 2.24) is 0 Å². The fourth-order valence-corrected chi connectivity index (χ4v) is 14.6. The molecule has 0 radical (unpaired) electrons. The third kappa shape index (κ3) is 10.5. The average molecular weight is 1010 g/mol. The number of carboxylic acids is 2. The second-order valence-corrected chi connectivity index (χ2v) is 20.3. The number of carbonyl (C=O) groups is 4. The highest BCUT2D eigenvalue weighted by atomic mass is 35.5. The Bertz CT molecular complexity index is 2340. The van der Waals surface area contributed by atoms with Gasteiger partial charge in [-0.15, -0.1) is 0 Å². The SMILES string of the molecule is O=C(O)COc1ccc(C(=O)/C(SS/C(C(=O)c2ccc(OCC(=O)O)c(Cl)c2Cl)=C2\C=C(c3ccccc3Cl)SS2)=C2\C=C(c3ccccc3Cl)SS2)c(Cl)c1Cl. The van der Waals surface area contributed by atoms with Crippen LogP contribution in [0.25, 0.3) is 9.81 Å². The summed E-state index contributed by atoms with van der Waals surface area (Å²) in [5.74, 6) is -3.62. The van der Waals surface area contributed by atoms with Gasteiger partial charge >= 0.3 is 11.9 Å². The van der Waals surface area contributed by atoms with Crippen LogP contribution in [-0.2, 0) is 9.59 Å². The van der Waals surface area contributed by atoms with Crippen molar-refractivity contribution < 1.29 is 38.9 Å². The normalized spacial score (nSPS) is 15.4. The van der Waals surface area contributed by atoms with E-state index in [1.54, 1.807) is 24.3 Å². The van der Waals surface area contributed by atoms with E-state index in [1.165, 1.54) is 67.4 Å². The zero-order valence-electron chi connectivity index (χ0n) is 28.6. The number of benzene rings is 4. The van der Waals surface area contributed by atoms with E-state index < -0.39 is 36.7 Å². The van der Waals surface area contributed by atoms with Crippen molar-refractivity contribution in [1.29, 1.82) is 0 Å². The molecule has 2 aliphatic heterocycles. The molecule has 2 heterocycles. The molecule has 6 rings (SSSR count). The molecule has 58 heavy (non-hydrogen) atoms. The first-order chi connectivity index (χ1) is 27.7. The summed E-state index contributed by atoms with van der Waals surface area (Å²) in [6.07, 6.45) is 3.63. The van der Waals surface area contributed by atoms with Gasteiger partial charge in [-0.2, -0.15) is 0 Å². The fourth-order valence-electron chi connectivity index (χ4n) is 4.91. The lowest BCUT2D eigenvalue weighted by atomic mass is 10.1. The molecular weight excluding hydrogens is 990 g/mol. The van der Waals surface area contributed by atoms with Gasteiger partial charge in [0, 0.05) is 51.9 Å².